The van der Waals surface area contributed by atoms with E-state index in [0.29, 0.717) is 37.5 Å². The van der Waals surface area contributed by atoms with Gasteiger partial charge in [-0.25, -0.2) is 4.79 Å². The number of hydrogen-bond acceptors (Lipinski definition) is 5. The zero-order valence-corrected chi connectivity index (χ0v) is 16.3. The highest BCUT2D eigenvalue weighted by atomic mass is 16.5. The molecule has 3 amide bonds. The molecule has 0 aromatic heterocycles. The minimum atomic E-state index is -0.695. The van der Waals surface area contributed by atoms with Crippen LogP contribution in [0.2, 0.25) is 0 Å². The van der Waals surface area contributed by atoms with E-state index in [4.69, 9.17) is 4.74 Å². The van der Waals surface area contributed by atoms with Gasteiger partial charge in [0.15, 0.2) is 6.61 Å². The Kier molecular flexibility index (Phi) is 6.71. The van der Waals surface area contributed by atoms with Crippen molar-refractivity contribution >= 4 is 23.7 Å². The first-order chi connectivity index (χ1) is 12.8. The van der Waals surface area contributed by atoms with Crippen LogP contribution in [0.4, 0.5) is 0 Å². The summed E-state index contributed by atoms with van der Waals surface area (Å²) in [6.45, 7) is 8.79. The molecule has 2 rings (SSSR count). The van der Waals surface area contributed by atoms with Crippen molar-refractivity contribution in [2.45, 2.75) is 34.1 Å². The van der Waals surface area contributed by atoms with Gasteiger partial charge in [-0.05, 0) is 44.4 Å². The molecule has 0 spiro atoms. The molecule has 7 heteroatoms. The van der Waals surface area contributed by atoms with Crippen molar-refractivity contribution in [3.63, 3.8) is 0 Å². The molecule has 1 heterocycles. The van der Waals surface area contributed by atoms with E-state index in [-0.39, 0.29) is 29.5 Å². The number of amides is 3. The first-order valence-electron chi connectivity index (χ1n) is 9.25. The van der Waals surface area contributed by atoms with Crippen LogP contribution in [0, 0.1) is 5.92 Å². The Bertz CT molecular complexity index is 753. The van der Waals surface area contributed by atoms with Crippen molar-refractivity contribution < 1.29 is 23.9 Å². The quantitative estimate of drug-likeness (QED) is 0.515. The van der Waals surface area contributed by atoms with E-state index in [0.717, 1.165) is 0 Å². The fourth-order valence-corrected chi connectivity index (χ4v) is 2.89. The standard InChI is InChI=1S/C20H26N2O5/c1-5-21(6-2)17(23)12-27-20(26)14-7-8-15-16(11-14)19(25)22(18(15)24)10-9-13(3)4/h7-8,11,13H,5-6,9-10,12H2,1-4H3. The summed E-state index contributed by atoms with van der Waals surface area (Å²) in [6.07, 6.45) is 0.716. The molecule has 1 aliphatic rings. The molecule has 1 aromatic rings. The monoisotopic (exact) mass is 374 g/mol. The summed E-state index contributed by atoms with van der Waals surface area (Å²) in [6, 6.07) is 4.28. The highest BCUT2D eigenvalue weighted by Gasteiger charge is 2.35. The van der Waals surface area contributed by atoms with Gasteiger partial charge in [0.2, 0.25) is 0 Å². The van der Waals surface area contributed by atoms with Crippen LogP contribution in [-0.2, 0) is 9.53 Å². The lowest BCUT2D eigenvalue weighted by atomic mass is 10.1. The fraction of sp³-hybridized carbons (Fsp3) is 0.500. The van der Waals surface area contributed by atoms with Crippen LogP contribution in [0.5, 0.6) is 0 Å². The van der Waals surface area contributed by atoms with Crippen LogP contribution >= 0.6 is 0 Å². The van der Waals surface area contributed by atoms with Gasteiger partial charge in [-0.2, -0.15) is 0 Å². The minimum absolute atomic E-state index is 0.146. The van der Waals surface area contributed by atoms with Gasteiger partial charge in [0.1, 0.15) is 0 Å². The first-order valence-corrected chi connectivity index (χ1v) is 9.25. The first kappa shape index (κ1) is 20.6. The zero-order chi connectivity index (χ0) is 20.1. The molecular weight excluding hydrogens is 348 g/mol. The van der Waals surface area contributed by atoms with Crippen molar-refractivity contribution in [2.75, 3.05) is 26.2 Å². The van der Waals surface area contributed by atoms with Gasteiger partial charge >= 0.3 is 5.97 Å². The number of imide groups is 1. The summed E-state index contributed by atoms with van der Waals surface area (Å²) in [7, 11) is 0. The Balaban J connectivity index is 2.08. The van der Waals surface area contributed by atoms with E-state index in [1.807, 2.05) is 27.7 Å². The maximum atomic E-state index is 12.5. The Labute approximate surface area is 159 Å². The maximum Gasteiger partial charge on any atom is 0.338 e. The van der Waals surface area contributed by atoms with E-state index in [1.54, 1.807) is 4.90 Å². The molecule has 1 aromatic carbocycles. The third-order valence-electron chi connectivity index (χ3n) is 4.58. The molecule has 0 bridgehead atoms. The maximum absolute atomic E-state index is 12.5. The van der Waals surface area contributed by atoms with Crippen molar-refractivity contribution in [2.24, 2.45) is 5.92 Å². The van der Waals surface area contributed by atoms with E-state index in [2.05, 4.69) is 0 Å². The topological polar surface area (TPSA) is 84.0 Å². The lowest BCUT2D eigenvalue weighted by Gasteiger charge is -2.18. The number of nitrogens with zero attached hydrogens (tertiary/aromatic N) is 2. The summed E-state index contributed by atoms with van der Waals surface area (Å²) in [5, 5.41) is 0. The van der Waals surface area contributed by atoms with E-state index in [9.17, 15) is 19.2 Å². The number of rotatable bonds is 8. The summed E-state index contributed by atoms with van der Waals surface area (Å²) in [5.41, 5.74) is 0.640. The van der Waals surface area contributed by atoms with Gasteiger partial charge in [-0.1, -0.05) is 13.8 Å². The molecule has 0 fully saturated rings. The van der Waals surface area contributed by atoms with Gasteiger partial charge < -0.3 is 9.64 Å². The van der Waals surface area contributed by atoms with Crippen LogP contribution in [0.1, 0.15) is 65.2 Å². The second kappa shape index (κ2) is 8.79. The van der Waals surface area contributed by atoms with Crippen molar-refractivity contribution in [3.8, 4) is 0 Å². The zero-order valence-electron chi connectivity index (χ0n) is 16.3. The predicted octanol–water partition coefficient (Wildman–Crippen LogP) is 2.35. The molecule has 0 atom stereocenters. The second-order valence-electron chi connectivity index (χ2n) is 6.85. The summed E-state index contributed by atoms with van der Waals surface area (Å²) < 4.78 is 5.06. The molecule has 7 nitrogen and oxygen atoms in total. The Morgan fingerprint density at radius 2 is 1.70 bits per heavy atom. The molecule has 0 unspecified atom stereocenters. The van der Waals surface area contributed by atoms with Crippen LogP contribution in [0.3, 0.4) is 0 Å². The van der Waals surface area contributed by atoms with Crippen LogP contribution in [-0.4, -0.2) is 59.7 Å². The minimum Gasteiger partial charge on any atom is -0.452 e. The highest BCUT2D eigenvalue weighted by Crippen LogP contribution is 2.25. The van der Waals surface area contributed by atoms with Crippen molar-refractivity contribution in [1.82, 2.24) is 9.80 Å². The summed E-state index contributed by atoms with van der Waals surface area (Å²) in [4.78, 5) is 51.9. The average molecular weight is 374 g/mol. The van der Waals surface area contributed by atoms with E-state index in [1.165, 1.54) is 23.1 Å². The normalized spacial score (nSPS) is 13.1. The number of carbonyl (C=O) groups is 4. The number of fused-ring (bicyclic) bond motifs is 1. The molecule has 0 radical (unpaired) electrons. The smallest absolute Gasteiger partial charge is 0.338 e. The third-order valence-corrected chi connectivity index (χ3v) is 4.58. The number of likely N-dealkylation sites (N-methyl/N-ethyl adjacent to an activating group) is 1. The number of esters is 1. The van der Waals surface area contributed by atoms with Crippen LogP contribution in [0.15, 0.2) is 18.2 Å². The highest BCUT2D eigenvalue weighted by molar-refractivity contribution is 6.21. The van der Waals surface area contributed by atoms with Crippen molar-refractivity contribution in [1.29, 1.82) is 0 Å². The molecule has 0 saturated carbocycles. The lowest BCUT2D eigenvalue weighted by molar-refractivity contribution is -0.134. The van der Waals surface area contributed by atoms with Gasteiger partial charge in [0.25, 0.3) is 17.7 Å². The second-order valence-corrected chi connectivity index (χ2v) is 6.85. The Morgan fingerprint density at radius 3 is 2.30 bits per heavy atom. The molecule has 0 saturated heterocycles. The fourth-order valence-electron chi connectivity index (χ4n) is 2.89. The molecular formula is C20H26N2O5. The number of benzene rings is 1. The number of ether oxygens (including phenoxy) is 1. The van der Waals surface area contributed by atoms with Gasteiger partial charge in [0.05, 0.1) is 16.7 Å². The number of carbonyl (C=O) groups excluding carboxylic acids is 4. The van der Waals surface area contributed by atoms with Crippen LogP contribution in [0.25, 0.3) is 0 Å². The molecule has 1 aliphatic heterocycles. The summed E-state index contributed by atoms with van der Waals surface area (Å²) in [5.74, 6) is -1.35. The van der Waals surface area contributed by atoms with E-state index < -0.39 is 11.9 Å². The molecule has 146 valence electrons. The Morgan fingerprint density at radius 1 is 1.07 bits per heavy atom. The summed E-state index contributed by atoms with van der Waals surface area (Å²) >= 11 is 0. The van der Waals surface area contributed by atoms with Crippen molar-refractivity contribution in [3.05, 3.63) is 34.9 Å². The van der Waals surface area contributed by atoms with Gasteiger partial charge in [-0.15, -0.1) is 0 Å². The number of hydrogen-bond donors (Lipinski definition) is 0. The van der Waals surface area contributed by atoms with Crippen LogP contribution < -0.4 is 0 Å². The van der Waals surface area contributed by atoms with Gasteiger partial charge in [0, 0.05) is 19.6 Å². The van der Waals surface area contributed by atoms with Gasteiger partial charge in [-0.3, -0.25) is 19.3 Å². The Hall–Kier alpha value is -2.70. The SMILES string of the molecule is CCN(CC)C(=O)COC(=O)c1ccc2c(c1)C(=O)N(CCC(C)C)C2=O. The molecule has 27 heavy (non-hydrogen) atoms. The largest absolute Gasteiger partial charge is 0.452 e. The average Bonchev–Trinajstić information content (AvgIpc) is 2.89. The predicted molar refractivity (Wildman–Crippen MR) is 99.5 cm³/mol. The lowest BCUT2D eigenvalue weighted by Crippen LogP contribution is -2.34. The molecule has 0 aliphatic carbocycles. The third kappa shape index (κ3) is 4.53. The molecule has 0 N–H and O–H groups in total. The van der Waals surface area contributed by atoms with E-state index >= 15 is 0 Å².